The smallest absolute Gasteiger partial charge is 0.343 e. The number of esters is 2. The minimum absolute atomic E-state index is 0.102. The third-order valence-electron chi connectivity index (χ3n) is 5.77. The van der Waals surface area contributed by atoms with E-state index in [0.29, 0.717) is 35.6 Å². The van der Waals surface area contributed by atoms with Gasteiger partial charge in [0.2, 0.25) is 0 Å². The second-order valence-corrected chi connectivity index (χ2v) is 8.75. The van der Waals surface area contributed by atoms with Crippen molar-refractivity contribution in [1.82, 2.24) is 0 Å². The molecule has 0 unspecified atom stereocenters. The lowest BCUT2D eigenvalue weighted by Gasteiger charge is -2.15. The van der Waals surface area contributed by atoms with Gasteiger partial charge in [-0.25, -0.2) is 14.5 Å². The minimum atomic E-state index is -0.699. The number of imide groups is 1. The number of rotatable bonds is 9. The molecule has 3 aromatic rings. The highest BCUT2D eigenvalue weighted by molar-refractivity contribution is 6.53. The molecule has 0 bridgehead atoms. The molecule has 1 aliphatic rings. The Morgan fingerprint density at radius 3 is 2.13 bits per heavy atom. The van der Waals surface area contributed by atoms with Gasteiger partial charge in [-0.1, -0.05) is 43.6 Å². The van der Waals surface area contributed by atoms with E-state index >= 15 is 0 Å². The van der Waals surface area contributed by atoms with Gasteiger partial charge < -0.3 is 14.8 Å². The van der Waals surface area contributed by atoms with Crippen molar-refractivity contribution < 1.29 is 28.7 Å². The van der Waals surface area contributed by atoms with Crippen LogP contribution in [0.5, 0.6) is 5.75 Å². The predicted molar refractivity (Wildman–Crippen MR) is 143 cm³/mol. The van der Waals surface area contributed by atoms with E-state index in [1.54, 1.807) is 36.4 Å². The van der Waals surface area contributed by atoms with E-state index in [1.807, 2.05) is 26.0 Å². The van der Waals surface area contributed by atoms with Gasteiger partial charge in [0.25, 0.3) is 11.8 Å². The van der Waals surface area contributed by atoms with Gasteiger partial charge >= 0.3 is 11.9 Å². The van der Waals surface area contributed by atoms with Crippen LogP contribution in [-0.2, 0) is 20.7 Å². The monoisotopic (exact) mass is 532 g/mol. The highest BCUT2D eigenvalue weighted by atomic mass is 35.5. The number of hydrogen-bond donors (Lipinski definition) is 1. The summed E-state index contributed by atoms with van der Waals surface area (Å²) in [7, 11) is 0. The molecule has 1 aliphatic heterocycles. The van der Waals surface area contributed by atoms with Crippen molar-refractivity contribution in [3.63, 3.8) is 0 Å². The molecule has 1 N–H and O–H groups in total. The van der Waals surface area contributed by atoms with Gasteiger partial charge in [-0.05, 0) is 73.0 Å². The maximum Gasteiger partial charge on any atom is 0.343 e. The number of aryl methyl sites for hydroxylation is 1. The van der Waals surface area contributed by atoms with Crippen molar-refractivity contribution >= 4 is 46.7 Å². The SMILES string of the molecule is CCCOC(=O)c1ccc(N2C(=O)C(Cl)=C(Nc3ccc(C(=O)Oc4ccccc4CC)cc3)C2=O)cc1. The van der Waals surface area contributed by atoms with Gasteiger partial charge in [0, 0.05) is 5.69 Å². The van der Waals surface area contributed by atoms with Crippen molar-refractivity contribution in [2.45, 2.75) is 26.7 Å². The summed E-state index contributed by atoms with van der Waals surface area (Å²) in [5.74, 6) is -1.86. The number of ether oxygens (including phenoxy) is 2. The fraction of sp³-hybridized carbons (Fsp3) is 0.172. The third-order valence-corrected chi connectivity index (χ3v) is 6.12. The number of nitrogens with one attached hydrogen (secondary N) is 1. The summed E-state index contributed by atoms with van der Waals surface area (Å²) in [6.07, 6.45) is 1.42. The summed E-state index contributed by atoms with van der Waals surface area (Å²) >= 11 is 6.21. The van der Waals surface area contributed by atoms with Crippen molar-refractivity contribution in [1.29, 1.82) is 0 Å². The molecule has 0 saturated carbocycles. The van der Waals surface area contributed by atoms with Crippen molar-refractivity contribution in [2.75, 3.05) is 16.8 Å². The molecule has 0 fully saturated rings. The molecule has 0 aromatic heterocycles. The lowest BCUT2D eigenvalue weighted by molar-refractivity contribution is -0.120. The maximum atomic E-state index is 13.1. The Kier molecular flexibility index (Phi) is 8.23. The number of carbonyl (C=O) groups excluding carboxylic acids is 4. The topological polar surface area (TPSA) is 102 Å². The zero-order valence-corrected chi connectivity index (χ0v) is 21.6. The number of halogens is 1. The Morgan fingerprint density at radius 2 is 1.47 bits per heavy atom. The standard InChI is InChI=1S/C29H25ClN2O6/c1-3-17-37-28(35)19-11-15-22(16-12-19)32-26(33)24(30)25(27(32)34)31-21-13-9-20(10-14-21)29(36)38-23-8-6-5-7-18(23)4-2/h5-16,31H,3-4,17H2,1-2H3. The number of hydrogen-bond acceptors (Lipinski definition) is 7. The number of benzene rings is 3. The molecule has 0 spiro atoms. The molecule has 2 amide bonds. The summed E-state index contributed by atoms with van der Waals surface area (Å²) < 4.78 is 10.6. The normalized spacial score (nSPS) is 13.1. The van der Waals surface area contributed by atoms with E-state index in [1.165, 1.54) is 24.3 Å². The fourth-order valence-electron chi connectivity index (χ4n) is 3.76. The molecular weight excluding hydrogens is 508 g/mol. The van der Waals surface area contributed by atoms with Gasteiger partial charge in [-0.3, -0.25) is 9.59 Å². The summed E-state index contributed by atoms with van der Waals surface area (Å²) in [6, 6.07) is 19.5. The molecule has 38 heavy (non-hydrogen) atoms. The van der Waals surface area contributed by atoms with Crippen LogP contribution in [0.2, 0.25) is 0 Å². The largest absolute Gasteiger partial charge is 0.462 e. The average molecular weight is 533 g/mol. The molecule has 0 radical (unpaired) electrons. The number of nitrogens with zero attached hydrogens (tertiary/aromatic N) is 1. The van der Waals surface area contributed by atoms with Gasteiger partial charge in [-0.15, -0.1) is 0 Å². The van der Waals surface area contributed by atoms with Crippen LogP contribution in [0.25, 0.3) is 0 Å². The Bertz CT molecular complexity index is 1410. The highest BCUT2D eigenvalue weighted by Gasteiger charge is 2.39. The number of para-hydroxylation sites is 1. The Hall–Kier alpha value is -4.43. The molecule has 8 nitrogen and oxygen atoms in total. The molecule has 0 saturated heterocycles. The van der Waals surface area contributed by atoms with E-state index < -0.39 is 23.8 Å². The third kappa shape index (κ3) is 5.60. The Morgan fingerprint density at radius 1 is 0.842 bits per heavy atom. The zero-order valence-electron chi connectivity index (χ0n) is 20.8. The first-order valence-corrected chi connectivity index (χ1v) is 12.4. The van der Waals surface area contributed by atoms with E-state index in [9.17, 15) is 19.2 Å². The first-order valence-electron chi connectivity index (χ1n) is 12.1. The Labute approximate surface area is 224 Å². The van der Waals surface area contributed by atoms with E-state index in [4.69, 9.17) is 21.1 Å². The molecule has 3 aromatic carbocycles. The quantitative estimate of drug-likeness (QED) is 0.221. The van der Waals surface area contributed by atoms with Crippen molar-refractivity contribution in [3.05, 3.63) is 100 Å². The predicted octanol–water partition coefficient (Wildman–Crippen LogP) is 5.47. The fourth-order valence-corrected chi connectivity index (χ4v) is 3.97. The molecule has 4 rings (SSSR count). The number of anilines is 2. The van der Waals surface area contributed by atoms with E-state index in [0.717, 1.165) is 16.9 Å². The van der Waals surface area contributed by atoms with Crippen molar-refractivity contribution in [3.8, 4) is 5.75 Å². The minimum Gasteiger partial charge on any atom is -0.462 e. The summed E-state index contributed by atoms with van der Waals surface area (Å²) in [5, 5.41) is 2.59. The van der Waals surface area contributed by atoms with Gasteiger partial charge in [0.1, 0.15) is 16.5 Å². The van der Waals surface area contributed by atoms with Gasteiger partial charge in [0.15, 0.2) is 0 Å². The van der Waals surface area contributed by atoms with Gasteiger partial charge in [0.05, 0.1) is 23.4 Å². The van der Waals surface area contributed by atoms with Crippen LogP contribution < -0.4 is 15.0 Å². The van der Waals surface area contributed by atoms with Crippen LogP contribution in [0.15, 0.2) is 83.5 Å². The van der Waals surface area contributed by atoms with Crippen LogP contribution in [-0.4, -0.2) is 30.4 Å². The first kappa shape index (κ1) is 26.6. The van der Waals surface area contributed by atoms with E-state index in [2.05, 4.69) is 5.32 Å². The molecular formula is C29H25ClN2O6. The summed E-state index contributed by atoms with van der Waals surface area (Å²) in [5.41, 5.74) is 2.13. The summed E-state index contributed by atoms with van der Waals surface area (Å²) in [4.78, 5) is 51.4. The average Bonchev–Trinajstić information content (AvgIpc) is 3.15. The summed E-state index contributed by atoms with van der Waals surface area (Å²) in [6.45, 7) is 4.16. The highest BCUT2D eigenvalue weighted by Crippen LogP contribution is 2.30. The molecule has 0 aliphatic carbocycles. The van der Waals surface area contributed by atoms with E-state index in [-0.39, 0.29) is 16.4 Å². The maximum absolute atomic E-state index is 13.1. The van der Waals surface area contributed by atoms with Crippen LogP contribution in [0.4, 0.5) is 11.4 Å². The molecule has 194 valence electrons. The van der Waals surface area contributed by atoms with Crippen LogP contribution >= 0.6 is 11.6 Å². The lowest BCUT2D eigenvalue weighted by atomic mass is 10.1. The number of amides is 2. The second-order valence-electron chi connectivity index (χ2n) is 8.37. The lowest BCUT2D eigenvalue weighted by Crippen LogP contribution is -2.32. The van der Waals surface area contributed by atoms with Crippen LogP contribution in [0.3, 0.4) is 0 Å². The van der Waals surface area contributed by atoms with Crippen molar-refractivity contribution in [2.24, 2.45) is 0 Å². The van der Waals surface area contributed by atoms with Gasteiger partial charge in [-0.2, -0.15) is 0 Å². The second kappa shape index (κ2) is 11.7. The molecule has 0 atom stereocenters. The zero-order chi connectivity index (χ0) is 27.2. The molecule has 9 heteroatoms. The molecule has 1 heterocycles. The first-order chi connectivity index (χ1) is 18.3. The number of carbonyl (C=O) groups is 4. The van der Waals surface area contributed by atoms with Crippen LogP contribution in [0, 0.1) is 0 Å². The Balaban J connectivity index is 1.44. The van der Waals surface area contributed by atoms with Crippen LogP contribution in [0.1, 0.15) is 46.5 Å².